The molecule has 17 heavy (non-hydrogen) atoms. The van der Waals surface area contributed by atoms with Crippen LogP contribution in [0.5, 0.6) is 0 Å². The second-order valence-corrected chi connectivity index (χ2v) is 6.17. The van der Waals surface area contributed by atoms with E-state index in [0.29, 0.717) is 9.20 Å². The summed E-state index contributed by atoms with van der Waals surface area (Å²) in [5.74, 6) is 0. The Morgan fingerprint density at radius 1 is 1.59 bits per heavy atom. The molecule has 0 bridgehead atoms. The Hall–Kier alpha value is -1.16. The van der Waals surface area contributed by atoms with E-state index in [1.807, 2.05) is 23.6 Å². The lowest BCUT2D eigenvalue weighted by Gasteiger charge is -1.82. The van der Waals surface area contributed by atoms with Gasteiger partial charge in [0.15, 0.2) is 0 Å². The van der Waals surface area contributed by atoms with E-state index < -0.39 is 0 Å². The second-order valence-electron chi connectivity index (χ2n) is 3.25. The SMILES string of the molecule is Cn1c(=O)/c(=C\c2cc(Br)cs2)s/c1=C\C#N. The number of thiazole rings is 1. The molecule has 2 aromatic rings. The highest BCUT2D eigenvalue weighted by molar-refractivity contribution is 9.10. The maximum atomic E-state index is 11.9. The molecule has 0 fully saturated rings. The van der Waals surface area contributed by atoms with Gasteiger partial charge in [-0.2, -0.15) is 5.26 Å². The Kier molecular flexibility index (Phi) is 3.62. The van der Waals surface area contributed by atoms with E-state index in [-0.39, 0.29) is 5.56 Å². The van der Waals surface area contributed by atoms with Crippen molar-refractivity contribution in [2.75, 3.05) is 0 Å². The third kappa shape index (κ3) is 2.57. The van der Waals surface area contributed by atoms with Gasteiger partial charge in [0.1, 0.15) is 4.66 Å². The molecule has 0 saturated carbocycles. The summed E-state index contributed by atoms with van der Waals surface area (Å²) in [5.41, 5.74) is -0.0685. The van der Waals surface area contributed by atoms with Gasteiger partial charge >= 0.3 is 0 Å². The number of rotatable bonds is 1. The van der Waals surface area contributed by atoms with Gasteiger partial charge in [-0.05, 0) is 28.1 Å². The van der Waals surface area contributed by atoms with Crippen LogP contribution in [-0.4, -0.2) is 4.57 Å². The summed E-state index contributed by atoms with van der Waals surface area (Å²) in [6, 6.07) is 3.90. The zero-order chi connectivity index (χ0) is 12.4. The van der Waals surface area contributed by atoms with Crippen LogP contribution in [0.3, 0.4) is 0 Å². The van der Waals surface area contributed by atoms with Crippen molar-refractivity contribution in [3.05, 3.63) is 40.3 Å². The van der Waals surface area contributed by atoms with Crippen LogP contribution < -0.4 is 14.8 Å². The summed E-state index contributed by atoms with van der Waals surface area (Å²) < 4.78 is 3.80. The van der Waals surface area contributed by atoms with E-state index in [4.69, 9.17) is 5.26 Å². The largest absolute Gasteiger partial charge is 0.301 e. The highest BCUT2D eigenvalue weighted by atomic mass is 79.9. The first-order valence-corrected chi connectivity index (χ1v) is 7.12. The van der Waals surface area contributed by atoms with E-state index in [1.54, 1.807) is 18.4 Å². The van der Waals surface area contributed by atoms with Crippen LogP contribution in [0.25, 0.3) is 12.2 Å². The van der Waals surface area contributed by atoms with E-state index in [1.165, 1.54) is 22.0 Å². The monoisotopic (exact) mass is 326 g/mol. The summed E-state index contributed by atoms with van der Waals surface area (Å²) in [4.78, 5) is 12.9. The fourth-order valence-electron chi connectivity index (χ4n) is 1.30. The minimum atomic E-state index is -0.0685. The van der Waals surface area contributed by atoms with Gasteiger partial charge in [0.05, 0.1) is 10.6 Å². The first kappa shape index (κ1) is 12.3. The van der Waals surface area contributed by atoms with Crippen molar-refractivity contribution >= 4 is 50.8 Å². The zero-order valence-electron chi connectivity index (χ0n) is 8.81. The molecule has 0 unspecified atom stereocenters. The summed E-state index contributed by atoms with van der Waals surface area (Å²) in [5, 5.41) is 10.6. The minimum Gasteiger partial charge on any atom is -0.301 e. The molecule has 2 aromatic heterocycles. The van der Waals surface area contributed by atoms with Crippen LogP contribution in [0, 0.1) is 11.3 Å². The maximum Gasteiger partial charge on any atom is 0.268 e. The fourth-order valence-corrected chi connectivity index (χ4v) is 3.71. The van der Waals surface area contributed by atoms with Crippen molar-refractivity contribution in [1.82, 2.24) is 4.57 Å². The summed E-state index contributed by atoms with van der Waals surface area (Å²) in [6.45, 7) is 0. The predicted octanol–water partition coefficient (Wildman–Crippen LogP) is 1.40. The highest BCUT2D eigenvalue weighted by Crippen LogP contribution is 2.19. The quantitative estimate of drug-likeness (QED) is 0.795. The van der Waals surface area contributed by atoms with E-state index in [0.717, 1.165) is 9.35 Å². The predicted molar refractivity (Wildman–Crippen MR) is 74.5 cm³/mol. The van der Waals surface area contributed by atoms with Gasteiger partial charge in [-0.15, -0.1) is 22.7 Å². The zero-order valence-corrected chi connectivity index (χ0v) is 12.0. The molecule has 0 spiro atoms. The Bertz CT molecular complexity index is 761. The van der Waals surface area contributed by atoms with Crippen LogP contribution in [-0.2, 0) is 7.05 Å². The van der Waals surface area contributed by atoms with Gasteiger partial charge in [0.2, 0.25) is 0 Å². The first-order valence-electron chi connectivity index (χ1n) is 4.63. The Labute approximate surface area is 114 Å². The lowest BCUT2D eigenvalue weighted by Crippen LogP contribution is -2.28. The molecule has 0 saturated heterocycles. The van der Waals surface area contributed by atoms with E-state index in [2.05, 4.69) is 15.9 Å². The van der Waals surface area contributed by atoms with Crippen molar-refractivity contribution in [2.24, 2.45) is 7.05 Å². The van der Waals surface area contributed by atoms with Gasteiger partial charge in [-0.25, -0.2) is 0 Å². The van der Waals surface area contributed by atoms with Gasteiger partial charge in [-0.3, -0.25) is 4.79 Å². The Morgan fingerprint density at radius 2 is 2.35 bits per heavy atom. The highest BCUT2D eigenvalue weighted by Gasteiger charge is 2.01. The van der Waals surface area contributed by atoms with Gasteiger partial charge < -0.3 is 4.57 Å². The molecule has 2 heterocycles. The number of aromatic nitrogens is 1. The number of nitrogens with zero attached hydrogens (tertiary/aromatic N) is 2. The molecule has 0 radical (unpaired) electrons. The number of hydrogen-bond donors (Lipinski definition) is 0. The van der Waals surface area contributed by atoms with Crippen LogP contribution in [0.4, 0.5) is 0 Å². The minimum absolute atomic E-state index is 0.0685. The molecule has 0 amide bonds. The van der Waals surface area contributed by atoms with Crippen molar-refractivity contribution in [2.45, 2.75) is 0 Å². The molecule has 86 valence electrons. The van der Waals surface area contributed by atoms with Crippen molar-refractivity contribution in [3.8, 4) is 6.07 Å². The van der Waals surface area contributed by atoms with Crippen LogP contribution >= 0.6 is 38.6 Å². The number of nitriles is 1. The molecule has 0 N–H and O–H groups in total. The third-order valence-corrected chi connectivity index (χ3v) is 4.86. The smallest absolute Gasteiger partial charge is 0.268 e. The lowest BCUT2D eigenvalue weighted by molar-refractivity contribution is 0.857. The second kappa shape index (κ2) is 5.00. The Morgan fingerprint density at radius 3 is 2.94 bits per heavy atom. The molecular formula is C11H7BrN2OS2. The average molecular weight is 327 g/mol. The molecule has 0 aromatic carbocycles. The van der Waals surface area contributed by atoms with Gasteiger partial charge in [0.25, 0.3) is 5.56 Å². The maximum absolute atomic E-state index is 11.9. The van der Waals surface area contributed by atoms with Crippen LogP contribution in [0.2, 0.25) is 0 Å². The third-order valence-electron chi connectivity index (χ3n) is 2.11. The number of thiophene rings is 1. The topological polar surface area (TPSA) is 45.8 Å². The Balaban J connectivity index is 2.66. The van der Waals surface area contributed by atoms with Crippen molar-refractivity contribution in [1.29, 1.82) is 5.26 Å². The number of halogens is 1. The van der Waals surface area contributed by atoms with Crippen molar-refractivity contribution in [3.63, 3.8) is 0 Å². The molecule has 0 aliphatic rings. The molecule has 6 heteroatoms. The lowest BCUT2D eigenvalue weighted by atomic mass is 10.4. The summed E-state index contributed by atoms with van der Waals surface area (Å²) in [7, 11) is 1.67. The van der Waals surface area contributed by atoms with Crippen LogP contribution in [0.15, 0.2) is 20.7 Å². The van der Waals surface area contributed by atoms with E-state index >= 15 is 0 Å². The average Bonchev–Trinajstić information content (AvgIpc) is 2.80. The normalized spacial score (nSPS) is 13.0. The molecule has 0 aliphatic carbocycles. The molecular weight excluding hydrogens is 320 g/mol. The first-order chi connectivity index (χ1) is 8.11. The summed E-state index contributed by atoms with van der Waals surface area (Å²) in [6.07, 6.45) is 3.23. The molecule has 0 atom stereocenters. The standard InChI is InChI=1S/C11H7BrN2OS2/c1-14-10(2-3-13)17-9(11(14)15)5-8-4-7(12)6-16-8/h2,4-6H,1H3/b9-5+,10-2-. The van der Waals surface area contributed by atoms with Crippen LogP contribution in [0.1, 0.15) is 4.88 Å². The molecule has 3 nitrogen and oxygen atoms in total. The van der Waals surface area contributed by atoms with E-state index in [9.17, 15) is 4.79 Å². The fraction of sp³-hybridized carbons (Fsp3) is 0.0909. The van der Waals surface area contributed by atoms with Gasteiger partial charge in [0, 0.05) is 27.9 Å². The number of hydrogen-bond acceptors (Lipinski definition) is 4. The summed E-state index contributed by atoms with van der Waals surface area (Å²) >= 11 is 6.26. The van der Waals surface area contributed by atoms with Gasteiger partial charge in [-0.1, -0.05) is 0 Å². The molecule has 0 aliphatic heterocycles. The van der Waals surface area contributed by atoms with Crippen molar-refractivity contribution < 1.29 is 0 Å². The molecule has 2 rings (SSSR count).